The maximum atomic E-state index is 13.4. The van der Waals surface area contributed by atoms with Crippen LogP contribution < -0.4 is 5.32 Å². The van der Waals surface area contributed by atoms with E-state index in [1.165, 1.54) is 12.1 Å². The average Bonchev–Trinajstić information content (AvgIpc) is 2.24. The summed E-state index contributed by atoms with van der Waals surface area (Å²) < 4.78 is 31.0. The summed E-state index contributed by atoms with van der Waals surface area (Å²) in [5.41, 5.74) is 0.485. The van der Waals surface area contributed by atoms with Crippen LogP contribution in [0.15, 0.2) is 18.2 Å². The molecular weight excluding hydrogens is 212 g/mol. The molecule has 1 atom stereocenters. The van der Waals surface area contributed by atoms with E-state index in [1.807, 2.05) is 6.92 Å². The summed E-state index contributed by atoms with van der Waals surface area (Å²) in [6.45, 7) is 3.26. The molecule has 1 N–H and O–H groups in total. The van der Waals surface area contributed by atoms with Gasteiger partial charge < -0.3 is 10.1 Å². The molecule has 0 bridgehead atoms. The Bertz CT molecular complexity index is 331. The van der Waals surface area contributed by atoms with Crippen molar-refractivity contribution in [3.8, 4) is 0 Å². The third-order valence-electron chi connectivity index (χ3n) is 2.40. The molecule has 0 aliphatic heterocycles. The van der Waals surface area contributed by atoms with Gasteiger partial charge in [0.2, 0.25) is 0 Å². The fourth-order valence-electron chi connectivity index (χ4n) is 1.50. The second-order valence-electron chi connectivity index (χ2n) is 3.69. The van der Waals surface area contributed by atoms with Crippen molar-refractivity contribution in [3.63, 3.8) is 0 Å². The molecule has 0 saturated heterocycles. The van der Waals surface area contributed by atoms with Gasteiger partial charge in [0.15, 0.2) is 0 Å². The SMILES string of the molecule is COCCCNC(C)c1ccc(F)cc1F. The molecule has 0 aliphatic rings. The number of halogens is 2. The molecule has 1 unspecified atom stereocenters. The summed E-state index contributed by atoms with van der Waals surface area (Å²) in [5.74, 6) is -1.06. The monoisotopic (exact) mass is 229 g/mol. The Balaban J connectivity index is 2.49. The minimum absolute atomic E-state index is 0.127. The molecule has 0 saturated carbocycles. The van der Waals surface area contributed by atoms with E-state index in [0.717, 1.165) is 19.0 Å². The standard InChI is InChI=1S/C12H17F2NO/c1-9(15-6-3-7-16-2)11-5-4-10(13)8-12(11)14/h4-5,8-9,15H,3,6-7H2,1-2H3. The largest absolute Gasteiger partial charge is 0.385 e. The topological polar surface area (TPSA) is 21.3 Å². The highest BCUT2D eigenvalue weighted by Gasteiger charge is 2.10. The van der Waals surface area contributed by atoms with Gasteiger partial charge in [-0.2, -0.15) is 0 Å². The molecule has 4 heteroatoms. The van der Waals surface area contributed by atoms with Crippen LogP contribution >= 0.6 is 0 Å². The Morgan fingerprint density at radius 1 is 1.38 bits per heavy atom. The van der Waals surface area contributed by atoms with Gasteiger partial charge in [0.25, 0.3) is 0 Å². The molecule has 0 radical (unpaired) electrons. The molecule has 0 amide bonds. The first-order valence-electron chi connectivity index (χ1n) is 5.32. The van der Waals surface area contributed by atoms with Crippen molar-refractivity contribution in [2.24, 2.45) is 0 Å². The van der Waals surface area contributed by atoms with Crippen LogP contribution in [0.2, 0.25) is 0 Å². The third-order valence-corrected chi connectivity index (χ3v) is 2.40. The maximum absolute atomic E-state index is 13.4. The van der Waals surface area contributed by atoms with Crippen molar-refractivity contribution in [1.82, 2.24) is 5.32 Å². The highest BCUT2D eigenvalue weighted by atomic mass is 19.1. The normalized spacial score (nSPS) is 12.8. The van der Waals surface area contributed by atoms with Crippen molar-refractivity contribution < 1.29 is 13.5 Å². The van der Waals surface area contributed by atoms with Gasteiger partial charge in [-0.05, 0) is 26.0 Å². The van der Waals surface area contributed by atoms with Gasteiger partial charge in [-0.1, -0.05) is 6.07 Å². The van der Waals surface area contributed by atoms with Gasteiger partial charge in [-0.15, -0.1) is 0 Å². The van der Waals surface area contributed by atoms with Crippen LogP contribution in [0, 0.1) is 11.6 Å². The molecule has 0 aliphatic carbocycles. The molecule has 0 fully saturated rings. The van der Waals surface area contributed by atoms with Crippen molar-refractivity contribution in [3.05, 3.63) is 35.4 Å². The molecule has 0 aromatic heterocycles. The highest BCUT2D eigenvalue weighted by Crippen LogP contribution is 2.17. The first-order valence-corrected chi connectivity index (χ1v) is 5.32. The summed E-state index contributed by atoms with van der Waals surface area (Å²) in [6.07, 6.45) is 0.865. The zero-order valence-corrected chi connectivity index (χ0v) is 9.59. The highest BCUT2D eigenvalue weighted by molar-refractivity contribution is 5.21. The Hall–Kier alpha value is -1.00. The molecular formula is C12H17F2NO. The van der Waals surface area contributed by atoms with E-state index in [1.54, 1.807) is 7.11 Å². The number of nitrogens with one attached hydrogen (secondary N) is 1. The molecule has 2 nitrogen and oxygen atoms in total. The Labute approximate surface area is 94.6 Å². The van der Waals surface area contributed by atoms with Crippen LogP contribution in [0.4, 0.5) is 8.78 Å². The van der Waals surface area contributed by atoms with Gasteiger partial charge >= 0.3 is 0 Å². The average molecular weight is 229 g/mol. The number of hydrogen-bond donors (Lipinski definition) is 1. The molecule has 90 valence electrons. The van der Waals surface area contributed by atoms with Crippen LogP contribution in [-0.2, 0) is 4.74 Å². The van der Waals surface area contributed by atoms with Crippen LogP contribution in [0.3, 0.4) is 0 Å². The van der Waals surface area contributed by atoms with E-state index >= 15 is 0 Å². The number of hydrogen-bond acceptors (Lipinski definition) is 2. The van der Waals surface area contributed by atoms with Crippen LogP contribution in [-0.4, -0.2) is 20.3 Å². The van der Waals surface area contributed by atoms with Crippen LogP contribution in [0.25, 0.3) is 0 Å². The lowest BCUT2D eigenvalue weighted by Gasteiger charge is -2.14. The number of ether oxygens (including phenoxy) is 1. The third kappa shape index (κ3) is 3.87. The van der Waals surface area contributed by atoms with E-state index in [0.29, 0.717) is 12.2 Å². The second-order valence-corrected chi connectivity index (χ2v) is 3.69. The van der Waals surface area contributed by atoms with Gasteiger partial charge in [0, 0.05) is 31.4 Å². The van der Waals surface area contributed by atoms with E-state index in [2.05, 4.69) is 5.32 Å². The first-order chi connectivity index (χ1) is 7.65. The lowest BCUT2D eigenvalue weighted by molar-refractivity contribution is 0.193. The lowest BCUT2D eigenvalue weighted by atomic mass is 10.1. The fraction of sp³-hybridized carbons (Fsp3) is 0.500. The van der Waals surface area contributed by atoms with Crippen molar-refractivity contribution in [1.29, 1.82) is 0 Å². The van der Waals surface area contributed by atoms with Crippen LogP contribution in [0.5, 0.6) is 0 Å². The second kappa shape index (κ2) is 6.55. The summed E-state index contributed by atoms with van der Waals surface area (Å²) in [6, 6.07) is 3.52. The van der Waals surface area contributed by atoms with Gasteiger partial charge in [-0.25, -0.2) is 8.78 Å². The summed E-state index contributed by atoms with van der Waals surface area (Å²) in [7, 11) is 1.64. The zero-order valence-electron chi connectivity index (χ0n) is 9.59. The smallest absolute Gasteiger partial charge is 0.130 e. The number of methoxy groups -OCH3 is 1. The molecule has 1 aromatic rings. The molecule has 1 aromatic carbocycles. The van der Waals surface area contributed by atoms with Crippen LogP contribution in [0.1, 0.15) is 24.9 Å². The molecule has 16 heavy (non-hydrogen) atoms. The van der Waals surface area contributed by atoms with Crippen molar-refractivity contribution >= 4 is 0 Å². The summed E-state index contributed by atoms with van der Waals surface area (Å²) in [5, 5.41) is 3.15. The minimum Gasteiger partial charge on any atom is -0.385 e. The number of benzene rings is 1. The Morgan fingerprint density at radius 2 is 2.12 bits per heavy atom. The molecule has 1 rings (SSSR count). The van der Waals surface area contributed by atoms with Gasteiger partial charge in [0.05, 0.1) is 0 Å². The molecule has 0 heterocycles. The van der Waals surface area contributed by atoms with E-state index < -0.39 is 11.6 Å². The maximum Gasteiger partial charge on any atom is 0.130 e. The van der Waals surface area contributed by atoms with Gasteiger partial charge in [-0.3, -0.25) is 0 Å². The predicted octanol–water partition coefficient (Wildman–Crippen LogP) is 2.65. The first kappa shape index (κ1) is 13.1. The molecule has 0 spiro atoms. The summed E-state index contributed by atoms with van der Waals surface area (Å²) in [4.78, 5) is 0. The van der Waals surface area contributed by atoms with E-state index in [4.69, 9.17) is 4.74 Å². The Morgan fingerprint density at radius 3 is 2.75 bits per heavy atom. The number of rotatable bonds is 6. The quantitative estimate of drug-likeness (QED) is 0.757. The minimum atomic E-state index is -0.548. The van der Waals surface area contributed by atoms with Gasteiger partial charge in [0.1, 0.15) is 11.6 Å². The lowest BCUT2D eigenvalue weighted by Crippen LogP contribution is -2.21. The van der Waals surface area contributed by atoms with Crippen molar-refractivity contribution in [2.45, 2.75) is 19.4 Å². The zero-order chi connectivity index (χ0) is 12.0. The summed E-state index contributed by atoms with van der Waals surface area (Å²) >= 11 is 0. The Kier molecular flexibility index (Phi) is 5.35. The van der Waals surface area contributed by atoms with Crippen molar-refractivity contribution in [2.75, 3.05) is 20.3 Å². The van der Waals surface area contributed by atoms with E-state index in [9.17, 15) is 8.78 Å². The van der Waals surface area contributed by atoms with E-state index in [-0.39, 0.29) is 6.04 Å². The predicted molar refractivity (Wildman–Crippen MR) is 59.3 cm³/mol. The fourth-order valence-corrected chi connectivity index (χ4v) is 1.50.